The second-order valence-corrected chi connectivity index (χ2v) is 7.50. The smallest absolute Gasteiger partial charge is 0.240 e. The predicted molar refractivity (Wildman–Crippen MR) is 87.8 cm³/mol. The fourth-order valence-electron chi connectivity index (χ4n) is 2.11. The van der Waals surface area contributed by atoms with Crippen molar-refractivity contribution in [2.75, 3.05) is 6.54 Å². The van der Waals surface area contributed by atoms with Crippen molar-refractivity contribution in [2.45, 2.75) is 39.1 Å². The highest BCUT2D eigenvalue weighted by atomic mass is 35.5. The van der Waals surface area contributed by atoms with E-state index in [9.17, 15) is 8.42 Å². The third-order valence-corrected chi connectivity index (χ3v) is 5.68. The van der Waals surface area contributed by atoms with E-state index < -0.39 is 10.0 Å². The molecule has 1 N–H and O–H groups in total. The maximum absolute atomic E-state index is 12.2. The van der Waals surface area contributed by atoms with Gasteiger partial charge in [-0.2, -0.15) is 5.10 Å². The highest BCUT2D eigenvalue weighted by Gasteiger charge is 2.15. The Kier molecular flexibility index (Phi) is 4.94. The van der Waals surface area contributed by atoms with E-state index in [2.05, 4.69) is 9.82 Å². The Morgan fingerprint density at radius 2 is 1.91 bits per heavy atom. The lowest BCUT2D eigenvalue weighted by Gasteiger charge is -2.09. The Morgan fingerprint density at radius 3 is 2.45 bits per heavy atom. The topological polar surface area (TPSA) is 64.0 Å². The van der Waals surface area contributed by atoms with Crippen molar-refractivity contribution < 1.29 is 8.42 Å². The van der Waals surface area contributed by atoms with E-state index in [1.54, 1.807) is 12.1 Å². The SMILES string of the molecule is Cc1ccc(S(=O)(=O)NCCn2nc(C)c(C)c2C)cc1Cl. The molecule has 0 atom stereocenters. The van der Waals surface area contributed by atoms with Crippen molar-refractivity contribution in [3.05, 3.63) is 45.7 Å². The van der Waals surface area contributed by atoms with Crippen LogP contribution in [0, 0.1) is 27.7 Å². The van der Waals surface area contributed by atoms with Crippen LogP contribution in [0.1, 0.15) is 22.5 Å². The van der Waals surface area contributed by atoms with Crippen LogP contribution >= 0.6 is 11.6 Å². The number of halogens is 1. The molecule has 0 saturated heterocycles. The van der Waals surface area contributed by atoms with Crippen molar-refractivity contribution in [3.63, 3.8) is 0 Å². The first-order chi connectivity index (χ1) is 10.2. The lowest BCUT2D eigenvalue weighted by molar-refractivity contribution is 0.554. The Morgan fingerprint density at radius 1 is 1.23 bits per heavy atom. The molecule has 0 spiro atoms. The van der Waals surface area contributed by atoms with Crippen LogP contribution in [-0.2, 0) is 16.6 Å². The van der Waals surface area contributed by atoms with Crippen molar-refractivity contribution in [3.8, 4) is 0 Å². The molecule has 1 aromatic heterocycles. The van der Waals surface area contributed by atoms with Gasteiger partial charge in [0.1, 0.15) is 0 Å². The third-order valence-electron chi connectivity index (χ3n) is 3.81. The van der Waals surface area contributed by atoms with E-state index in [-0.39, 0.29) is 11.4 Å². The Labute approximate surface area is 136 Å². The van der Waals surface area contributed by atoms with E-state index in [4.69, 9.17) is 11.6 Å². The van der Waals surface area contributed by atoms with Crippen molar-refractivity contribution in [1.29, 1.82) is 0 Å². The minimum atomic E-state index is -3.56. The molecule has 0 amide bonds. The normalized spacial score (nSPS) is 11.9. The quantitative estimate of drug-likeness (QED) is 0.909. The molecule has 0 radical (unpaired) electrons. The molecule has 2 aromatic rings. The summed E-state index contributed by atoms with van der Waals surface area (Å²) >= 11 is 5.98. The first kappa shape index (κ1) is 17.0. The highest BCUT2D eigenvalue weighted by molar-refractivity contribution is 7.89. The third kappa shape index (κ3) is 3.51. The largest absolute Gasteiger partial charge is 0.268 e. The average molecular weight is 342 g/mol. The van der Waals surface area contributed by atoms with Gasteiger partial charge < -0.3 is 0 Å². The minimum Gasteiger partial charge on any atom is -0.268 e. The molecule has 0 aliphatic heterocycles. The number of nitrogens with one attached hydrogen (secondary N) is 1. The van der Waals surface area contributed by atoms with Crippen LogP contribution in [0.5, 0.6) is 0 Å². The summed E-state index contributed by atoms with van der Waals surface area (Å²) in [7, 11) is -3.56. The van der Waals surface area contributed by atoms with Gasteiger partial charge in [-0.05, 0) is 51.0 Å². The molecule has 0 unspecified atom stereocenters. The molecule has 5 nitrogen and oxygen atoms in total. The Hall–Kier alpha value is -1.37. The number of aromatic nitrogens is 2. The number of hydrogen-bond acceptors (Lipinski definition) is 3. The fourth-order valence-corrected chi connectivity index (χ4v) is 3.41. The van der Waals surface area contributed by atoms with Crippen molar-refractivity contribution >= 4 is 21.6 Å². The molecule has 1 aromatic carbocycles. The molecule has 0 bridgehead atoms. The molecule has 0 fully saturated rings. The number of hydrogen-bond donors (Lipinski definition) is 1. The average Bonchev–Trinajstić information content (AvgIpc) is 2.69. The van der Waals surface area contributed by atoms with Gasteiger partial charge in [0.15, 0.2) is 0 Å². The van der Waals surface area contributed by atoms with E-state index in [0.717, 1.165) is 22.5 Å². The summed E-state index contributed by atoms with van der Waals surface area (Å²) in [6.45, 7) is 8.51. The van der Waals surface area contributed by atoms with Gasteiger partial charge in [-0.25, -0.2) is 13.1 Å². The molecule has 22 heavy (non-hydrogen) atoms. The highest BCUT2D eigenvalue weighted by Crippen LogP contribution is 2.19. The maximum atomic E-state index is 12.2. The summed E-state index contributed by atoms with van der Waals surface area (Å²) in [5, 5.41) is 4.83. The van der Waals surface area contributed by atoms with Crippen molar-refractivity contribution in [1.82, 2.24) is 14.5 Å². The first-order valence-corrected chi connectivity index (χ1v) is 8.85. The van der Waals surface area contributed by atoms with Crippen LogP contribution in [0.3, 0.4) is 0 Å². The van der Waals surface area contributed by atoms with Crippen LogP contribution in [0.2, 0.25) is 5.02 Å². The molecule has 0 saturated carbocycles. The van der Waals surface area contributed by atoms with Gasteiger partial charge in [0.05, 0.1) is 17.1 Å². The second kappa shape index (κ2) is 6.40. The zero-order chi connectivity index (χ0) is 16.5. The van der Waals surface area contributed by atoms with Crippen LogP contribution in [0.15, 0.2) is 23.1 Å². The molecule has 120 valence electrons. The summed E-state index contributed by atoms with van der Waals surface area (Å²) < 4.78 is 28.9. The second-order valence-electron chi connectivity index (χ2n) is 5.33. The summed E-state index contributed by atoms with van der Waals surface area (Å²) in [4.78, 5) is 0.174. The van der Waals surface area contributed by atoms with Gasteiger partial charge >= 0.3 is 0 Å². The Bertz CT molecular complexity index is 797. The number of benzene rings is 1. The monoisotopic (exact) mass is 341 g/mol. The molecule has 7 heteroatoms. The summed E-state index contributed by atoms with van der Waals surface area (Å²) in [5.74, 6) is 0. The molecular weight excluding hydrogens is 322 g/mol. The van der Waals surface area contributed by atoms with Gasteiger partial charge in [0, 0.05) is 17.3 Å². The number of sulfonamides is 1. The molecule has 2 rings (SSSR count). The standard InChI is InChI=1S/C15H20ClN3O2S/c1-10-5-6-14(9-15(10)16)22(20,21)17-7-8-19-13(4)11(2)12(3)18-19/h5-6,9,17H,7-8H2,1-4H3. The van der Waals surface area contributed by atoms with E-state index in [0.29, 0.717) is 11.6 Å². The lowest BCUT2D eigenvalue weighted by Crippen LogP contribution is -2.28. The molecular formula is C15H20ClN3O2S. The zero-order valence-electron chi connectivity index (χ0n) is 13.1. The predicted octanol–water partition coefficient (Wildman–Crippen LogP) is 2.75. The van der Waals surface area contributed by atoms with Gasteiger partial charge in [0.25, 0.3) is 0 Å². The molecule has 0 aliphatic rings. The van der Waals surface area contributed by atoms with E-state index in [1.807, 2.05) is 32.4 Å². The summed E-state index contributed by atoms with van der Waals surface area (Å²) in [5.41, 5.74) is 3.99. The van der Waals surface area contributed by atoms with Crippen molar-refractivity contribution in [2.24, 2.45) is 0 Å². The summed E-state index contributed by atoms with van der Waals surface area (Å²) in [6, 6.07) is 4.71. The van der Waals surface area contributed by atoms with E-state index in [1.165, 1.54) is 6.07 Å². The molecule has 0 aliphatic carbocycles. The lowest BCUT2D eigenvalue weighted by atomic mass is 10.2. The summed E-state index contributed by atoms with van der Waals surface area (Å²) in [6.07, 6.45) is 0. The minimum absolute atomic E-state index is 0.174. The van der Waals surface area contributed by atoms with Gasteiger partial charge in [-0.1, -0.05) is 17.7 Å². The van der Waals surface area contributed by atoms with Crippen LogP contribution in [0.4, 0.5) is 0 Å². The van der Waals surface area contributed by atoms with E-state index >= 15 is 0 Å². The van der Waals surface area contributed by atoms with Gasteiger partial charge in [-0.3, -0.25) is 4.68 Å². The van der Waals surface area contributed by atoms with Crippen LogP contribution in [-0.4, -0.2) is 24.7 Å². The number of aryl methyl sites for hydroxylation is 2. The Balaban J connectivity index is 2.06. The molecule has 1 heterocycles. The maximum Gasteiger partial charge on any atom is 0.240 e. The van der Waals surface area contributed by atoms with Gasteiger partial charge in [-0.15, -0.1) is 0 Å². The van der Waals surface area contributed by atoms with Crippen LogP contribution in [0.25, 0.3) is 0 Å². The van der Waals surface area contributed by atoms with Crippen LogP contribution < -0.4 is 4.72 Å². The first-order valence-electron chi connectivity index (χ1n) is 6.99. The zero-order valence-corrected chi connectivity index (χ0v) is 14.7. The number of rotatable bonds is 5. The number of nitrogens with zero attached hydrogens (tertiary/aromatic N) is 2. The fraction of sp³-hybridized carbons (Fsp3) is 0.400. The van der Waals surface area contributed by atoms with Gasteiger partial charge in [0.2, 0.25) is 10.0 Å².